The third-order valence-corrected chi connectivity index (χ3v) is 8.12. The summed E-state index contributed by atoms with van der Waals surface area (Å²) < 4.78 is 27.6. The first-order valence-electron chi connectivity index (χ1n) is 9.27. The number of aromatic nitrogens is 2. The fourth-order valence-corrected chi connectivity index (χ4v) is 6.13. The molecular weight excluding hydrogens is 406 g/mol. The third-order valence-electron chi connectivity index (χ3n) is 4.65. The fraction of sp³-hybridized carbons (Fsp3) is 0.250. The number of nitriles is 1. The van der Waals surface area contributed by atoms with E-state index in [1.165, 1.54) is 11.3 Å². The summed E-state index contributed by atoms with van der Waals surface area (Å²) in [6.07, 6.45) is 4.52. The van der Waals surface area contributed by atoms with E-state index in [-0.39, 0.29) is 0 Å². The highest BCUT2D eigenvalue weighted by Gasteiger charge is 2.27. The number of hydrogen-bond donors (Lipinski definition) is 1. The summed E-state index contributed by atoms with van der Waals surface area (Å²) >= 11 is 1.22. The van der Waals surface area contributed by atoms with Crippen LogP contribution >= 0.6 is 11.3 Å². The van der Waals surface area contributed by atoms with Crippen molar-refractivity contribution < 1.29 is 8.42 Å². The normalized spacial score (nSPS) is 15.0. The maximum atomic E-state index is 12.9. The molecule has 1 aliphatic rings. The summed E-state index contributed by atoms with van der Waals surface area (Å²) in [4.78, 5) is 9.48. The van der Waals surface area contributed by atoms with Crippen molar-refractivity contribution in [3.05, 3.63) is 54.2 Å². The molecule has 0 bridgehead atoms. The number of rotatable bonds is 5. The van der Waals surface area contributed by atoms with Crippen LogP contribution in [0, 0.1) is 11.3 Å². The van der Waals surface area contributed by atoms with E-state index in [0.29, 0.717) is 40.2 Å². The molecule has 1 aromatic carbocycles. The lowest BCUT2D eigenvalue weighted by Gasteiger charge is -2.25. The lowest BCUT2D eigenvalue weighted by Crippen LogP contribution is -2.35. The van der Waals surface area contributed by atoms with Gasteiger partial charge in [-0.3, -0.25) is 0 Å². The molecule has 2 aromatic heterocycles. The minimum absolute atomic E-state index is 0.337. The van der Waals surface area contributed by atoms with Crippen LogP contribution in [0.15, 0.2) is 52.9 Å². The standard InChI is InChI=1S/C20H19N5O2S2/c21-14-15-5-4-6-16(13-15)23-20-22-10-9-17(24-20)18-7-8-19(28-18)29(26,27)25-11-2-1-3-12-25/h4-10,13H,1-3,11-12H2,(H,22,23,24). The number of thiophene rings is 1. The van der Waals surface area contributed by atoms with Crippen LogP contribution in [0.2, 0.25) is 0 Å². The molecule has 0 radical (unpaired) electrons. The van der Waals surface area contributed by atoms with E-state index in [1.54, 1.807) is 46.9 Å². The Labute approximate surface area is 173 Å². The van der Waals surface area contributed by atoms with Gasteiger partial charge in [-0.1, -0.05) is 12.5 Å². The average molecular weight is 426 g/mol. The maximum absolute atomic E-state index is 12.9. The van der Waals surface area contributed by atoms with Crippen LogP contribution in [0.3, 0.4) is 0 Å². The molecule has 1 N–H and O–H groups in total. The van der Waals surface area contributed by atoms with Crippen LogP contribution in [0.25, 0.3) is 10.6 Å². The fourth-order valence-electron chi connectivity index (χ4n) is 3.18. The number of nitrogens with zero attached hydrogens (tertiary/aromatic N) is 4. The highest BCUT2D eigenvalue weighted by Crippen LogP contribution is 2.32. The van der Waals surface area contributed by atoms with Crippen molar-refractivity contribution in [2.75, 3.05) is 18.4 Å². The third kappa shape index (κ3) is 4.29. The average Bonchev–Trinajstić information content (AvgIpc) is 3.26. The van der Waals surface area contributed by atoms with Crippen molar-refractivity contribution in [2.24, 2.45) is 0 Å². The van der Waals surface area contributed by atoms with Crippen LogP contribution in [0.5, 0.6) is 0 Å². The van der Waals surface area contributed by atoms with Gasteiger partial charge in [0.1, 0.15) is 4.21 Å². The smallest absolute Gasteiger partial charge is 0.252 e. The zero-order valence-electron chi connectivity index (χ0n) is 15.6. The Balaban J connectivity index is 1.57. The summed E-state index contributed by atoms with van der Waals surface area (Å²) in [5.74, 6) is 0.381. The van der Waals surface area contributed by atoms with Gasteiger partial charge in [0.25, 0.3) is 10.0 Å². The number of hydrogen-bond acceptors (Lipinski definition) is 7. The SMILES string of the molecule is N#Cc1cccc(Nc2nccc(-c3ccc(S(=O)(=O)N4CCCCC4)s3)n2)c1. The van der Waals surface area contributed by atoms with Crippen molar-refractivity contribution in [1.82, 2.24) is 14.3 Å². The van der Waals surface area contributed by atoms with Gasteiger partial charge in [-0.2, -0.15) is 9.57 Å². The first kappa shape index (κ1) is 19.5. The molecule has 29 heavy (non-hydrogen) atoms. The highest BCUT2D eigenvalue weighted by atomic mass is 32.2. The molecule has 0 spiro atoms. The van der Waals surface area contributed by atoms with Gasteiger partial charge in [0, 0.05) is 25.0 Å². The summed E-state index contributed by atoms with van der Waals surface area (Å²) in [6, 6.07) is 14.3. The van der Waals surface area contributed by atoms with E-state index in [0.717, 1.165) is 24.1 Å². The minimum Gasteiger partial charge on any atom is -0.324 e. The molecule has 4 rings (SSSR count). The Morgan fingerprint density at radius 3 is 2.72 bits per heavy atom. The summed E-state index contributed by atoms with van der Waals surface area (Å²) in [5, 5.41) is 12.1. The van der Waals surface area contributed by atoms with Gasteiger partial charge in [0.2, 0.25) is 5.95 Å². The van der Waals surface area contributed by atoms with Gasteiger partial charge in [0.15, 0.2) is 0 Å². The van der Waals surface area contributed by atoms with E-state index in [2.05, 4.69) is 21.4 Å². The molecule has 3 heterocycles. The van der Waals surface area contributed by atoms with Gasteiger partial charge in [-0.05, 0) is 49.2 Å². The van der Waals surface area contributed by atoms with E-state index in [4.69, 9.17) is 5.26 Å². The molecule has 0 saturated carbocycles. The van der Waals surface area contributed by atoms with Gasteiger partial charge in [-0.15, -0.1) is 11.3 Å². The summed E-state index contributed by atoms with van der Waals surface area (Å²) in [5.41, 5.74) is 1.89. The van der Waals surface area contributed by atoms with E-state index < -0.39 is 10.0 Å². The molecule has 0 atom stereocenters. The van der Waals surface area contributed by atoms with Crippen LogP contribution in [0.1, 0.15) is 24.8 Å². The molecule has 0 aliphatic carbocycles. The van der Waals surface area contributed by atoms with E-state index >= 15 is 0 Å². The van der Waals surface area contributed by atoms with Crippen molar-refractivity contribution in [2.45, 2.75) is 23.5 Å². The predicted molar refractivity (Wildman–Crippen MR) is 112 cm³/mol. The Morgan fingerprint density at radius 1 is 1.10 bits per heavy atom. The molecule has 148 valence electrons. The molecule has 1 saturated heterocycles. The highest BCUT2D eigenvalue weighted by molar-refractivity contribution is 7.91. The van der Waals surface area contributed by atoms with Crippen LogP contribution in [-0.2, 0) is 10.0 Å². The number of nitrogens with one attached hydrogen (secondary N) is 1. The maximum Gasteiger partial charge on any atom is 0.252 e. The Morgan fingerprint density at radius 2 is 1.93 bits per heavy atom. The number of anilines is 2. The molecule has 9 heteroatoms. The monoisotopic (exact) mass is 425 g/mol. The van der Waals surface area contributed by atoms with Gasteiger partial charge < -0.3 is 5.32 Å². The second kappa shape index (κ2) is 8.29. The van der Waals surface area contributed by atoms with Crippen LogP contribution in [-0.4, -0.2) is 35.8 Å². The van der Waals surface area contributed by atoms with E-state index in [9.17, 15) is 8.42 Å². The van der Waals surface area contributed by atoms with Crippen molar-refractivity contribution in [3.63, 3.8) is 0 Å². The first-order chi connectivity index (χ1) is 14.1. The van der Waals surface area contributed by atoms with Crippen LogP contribution < -0.4 is 5.32 Å². The first-order valence-corrected chi connectivity index (χ1v) is 11.5. The quantitative estimate of drug-likeness (QED) is 0.663. The van der Waals surface area contributed by atoms with Gasteiger partial charge in [-0.25, -0.2) is 18.4 Å². The molecular formula is C20H19N5O2S2. The Bertz CT molecular complexity index is 1160. The topological polar surface area (TPSA) is 99.0 Å². The van der Waals surface area contributed by atoms with Crippen molar-refractivity contribution in [1.29, 1.82) is 5.26 Å². The van der Waals surface area contributed by atoms with Gasteiger partial charge >= 0.3 is 0 Å². The summed E-state index contributed by atoms with van der Waals surface area (Å²) in [6.45, 7) is 1.16. The molecule has 0 unspecified atom stereocenters. The number of piperidine rings is 1. The lowest BCUT2D eigenvalue weighted by molar-refractivity contribution is 0.347. The lowest BCUT2D eigenvalue weighted by atomic mass is 10.2. The Hall–Kier alpha value is -2.80. The van der Waals surface area contributed by atoms with Crippen molar-refractivity contribution >= 4 is 33.0 Å². The van der Waals surface area contributed by atoms with Crippen molar-refractivity contribution in [3.8, 4) is 16.6 Å². The molecule has 7 nitrogen and oxygen atoms in total. The second-order valence-electron chi connectivity index (χ2n) is 6.67. The van der Waals surface area contributed by atoms with Gasteiger partial charge in [0.05, 0.1) is 22.2 Å². The van der Waals surface area contributed by atoms with Crippen LogP contribution in [0.4, 0.5) is 11.6 Å². The minimum atomic E-state index is -3.45. The molecule has 1 aliphatic heterocycles. The zero-order chi connectivity index (χ0) is 20.3. The zero-order valence-corrected chi connectivity index (χ0v) is 17.2. The number of benzene rings is 1. The predicted octanol–water partition coefficient (Wildman–Crippen LogP) is 3.99. The second-order valence-corrected chi connectivity index (χ2v) is 9.92. The molecule has 0 amide bonds. The molecule has 3 aromatic rings. The summed E-state index contributed by atoms with van der Waals surface area (Å²) in [7, 11) is -3.45. The Kier molecular flexibility index (Phi) is 5.58. The molecule has 1 fully saturated rings. The largest absolute Gasteiger partial charge is 0.324 e. The van der Waals surface area contributed by atoms with E-state index in [1.807, 2.05) is 6.07 Å². The number of sulfonamides is 1.